The average Bonchev–Trinajstić information content (AvgIpc) is 3.33. The monoisotopic (exact) mass is 318 g/mol. The van der Waals surface area contributed by atoms with Gasteiger partial charge in [-0.25, -0.2) is 0 Å². The molecule has 1 aliphatic heterocycles. The number of hydrogen-bond acceptors (Lipinski definition) is 4. The van der Waals surface area contributed by atoms with Gasteiger partial charge in [0.2, 0.25) is 5.91 Å². The minimum absolute atomic E-state index is 0.0409. The Morgan fingerprint density at radius 3 is 2.74 bits per heavy atom. The number of carbonyl (C=O) groups excluding carboxylic acids is 2. The first kappa shape index (κ1) is 15.3. The molecule has 122 valence electrons. The summed E-state index contributed by atoms with van der Waals surface area (Å²) in [5.41, 5.74) is -0.127. The third-order valence-corrected chi connectivity index (χ3v) is 4.30. The Morgan fingerprint density at radius 2 is 2.04 bits per heavy atom. The second-order valence-corrected chi connectivity index (χ2v) is 5.91. The van der Waals surface area contributed by atoms with Crippen molar-refractivity contribution in [2.45, 2.75) is 19.3 Å². The van der Waals surface area contributed by atoms with Crippen LogP contribution in [0.3, 0.4) is 0 Å². The van der Waals surface area contributed by atoms with Gasteiger partial charge in [0.05, 0.1) is 11.1 Å². The molecular formula is C16H18N2O5. The van der Waals surface area contributed by atoms with Crippen molar-refractivity contribution in [2.24, 2.45) is 5.41 Å². The zero-order valence-corrected chi connectivity index (χ0v) is 12.6. The first-order valence-electron chi connectivity index (χ1n) is 7.54. The summed E-state index contributed by atoms with van der Waals surface area (Å²) in [4.78, 5) is 36.5. The molecule has 23 heavy (non-hydrogen) atoms. The van der Waals surface area contributed by atoms with Crippen LogP contribution >= 0.6 is 0 Å². The highest BCUT2D eigenvalue weighted by Crippen LogP contribution is 2.45. The number of carbonyl (C=O) groups is 3. The lowest BCUT2D eigenvalue weighted by Crippen LogP contribution is -2.41. The number of fused-ring (bicyclic) bond motifs is 1. The minimum Gasteiger partial charge on any atom is -0.482 e. The lowest BCUT2D eigenvalue weighted by Gasteiger charge is -2.29. The molecule has 1 saturated carbocycles. The van der Waals surface area contributed by atoms with E-state index in [1.165, 1.54) is 4.90 Å². The predicted molar refractivity (Wildman–Crippen MR) is 81.2 cm³/mol. The molecule has 1 fully saturated rings. The summed E-state index contributed by atoms with van der Waals surface area (Å²) in [5.74, 6) is -0.694. The van der Waals surface area contributed by atoms with E-state index in [1.807, 2.05) is 6.07 Å². The number of carboxylic acid groups (broad SMARTS) is 1. The molecule has 1 heterocycles. The SMILES string of the molecule is O=C(CCN1C(=O)COc2ccccc21)NCC1(C(=O)O)CC1. The van der Waals surface area contributed by atoms with E-state index in [1.54, 1.807) is 18.2 Å². The van der Waals surface area contributed by atoms with E-state index in [9.17, 15) is 14.4 Å². The number of rotatable bonds is 6. The maximum Gasteiger partial charge on any atom is 0.311 e. The van der Waals surface area contributed by atoms with Gasteiger partial charge in [-0.1, -0.05) is 12.1 Å². The summed E-state index contributed by atoms with van der Waals surface area (Å²) < 4.78 is 5.34. The molecule has 0 bridgehead atoms. The van der Waals surface area contributed by atoms with Crippen LogP contribution in [0.2, 0.25) is 0 Å². The second kappa shape index (κ2) is 5.91. The van der Waals surface area contributed by atoms with Gasteiger partial charge < -0.3 is 20.1 Å². The van der Waals surface area contributed by atoms with Crippen molar-refractivity contribution in [3.63, 3.8) is 0 Å². The largest absolute Gasteiger partial charge is 0.482 e. The van der Waals surface area contributed by atoms with Crippen LogP contribution in [-0.2, 0) is 14.4 Å². The molecule has 2 aliphatic rings. The van der Waals surface area contributed by atoms with Gasteiger partial charge >= 0.3 is 5.97 Å². The number of ether oxygens (including phenoxy) is 1. The van der Waals surface area contributed by atoms with Crippen molar-refractivity contribution in [3.05, 3.63) is 24.3 Å². The second-order valence-electron chi connectivity index (χ2n) is 5.91. The molecule has 1 aromatic rings. The van der Waals surface area contributed by atoms with Gasteiger partial charge in [0, 0.05) is 19.5 Å². The Bertz CT molecular complexity index is 654. The van der Waals surface area contributed by atoms with Crippen LogP contribution in [0, 0.1) is 5.41 Å². The summed E-state index contributed by atoms with van der Waals surface area (Å²) in [6.45, 7) is 0.348. The third-order valence-electron chi connectivity index (χ3n) is 4.30. The molecule has 3 rings (SSSR count). The summed E-state index contributed by atoms with van der Waals surface area (Å²) in [7, 11) is 0. The highest BCUT2D eigenvalue weighted by atomic mass is 16.5. The van der Waals surface area contributed by atoms with Crippen molar-refractivity contribution in [3.8, 4) is 5.75 Å². The van der Waals surface area contributed by atoms with Crippen LogP contribution in [0.1, 0.15) is 19.3 Å². The van der Waals surface area contributed by atoms with Gasteiger partial charge in [0.1, 0.15) is 5.75 Å². The van der Waals surface area contributed by atoms with Crippen LogP contribution in [0.4, 0.5) is 5.69 Å². The standard InChI is InChI=1S/C16H18N2O5/c19-13(17-10-16(6-7-16)15(21)22)5-8-18-11-3-1-2-4-12(11)23-9-14(18)20/h1-4H,5-10H2,(H,17,19)(H,21,22). The van der Waals surface area contributed by atoms with Gasteiger partial charge in [-0.2, -0.15) is 0 Å². The Kier molecular flexibility index (Phi) is 3.94. The number of anilines is 1. The van der Waals surface area contributed by atoms with Crippen LogP contribution in [0.15, 0.2) is 24.3 Å². The average molecular weight is 318 g/mol. The van der Waals surface area contributed by atoms with Crippen molar-refractivity contribution >= 4 is 23.5 Å². The summed E-state index contributed by atoms with van der Waals surface area (Å²) >= 11 is 0. The Balaban J connectivity index is 1.55. The normalized spacial score (nSPS) is 17.9. The van der Waals surface area contributed by atoms with E-state index < -0.39 is 11.4 Å². The quantitative estimate of drug-likeness (QED) is 0.808. The molecule has 0 aromatic heterocycles. The Hall–Kier alpha value is -2.57. The number of benzene rings is 1. The Labute approximate surface area is 133 Å². The van der Waals surface area contributed by atoms with E-state index in [0.29, 0.717) is 24.3 Å². The number of hydrogen-bond donors (Lipinski definition) is 2. The molecule has 0 radical (unpaired) electrons. The lowest BCUT2D eigenvalue weighted by atomic mass is 10.1. The van der Waals surface area contributed by atoms with Gasteiger partial charge in [-0.3, -0.25) is 14.4 Å². The predicted octanol–water partition coefficient (Wildman–Crippen LogP) is 0.783. The van der Waals surface area contributed by atoms with Crippen LogP contribution < -0.4 is 15.0 Å². The van der Waals surface area contributed by atoms with E-state index in [-0.39, 0.29) is 37.9 Å². The van der Waals surface area contributed by atoms with Gasteiger partial charge in [-0.05, 0) is 25.0 Å². The van der Waals surface area contributed by atoms with E-state index in [2.05, 4.69) is 5.32 Å². The molecule has 0 spiro atoms. The number of para-hydroxylation sites is 2. The fourth-order valence-corrected chi connectivity index (χ4v) is 2.59. The van der Waals surface area contributed by atoms with Gasteiger partial charge in [0.25, 0.3) is 5.91 Å². The van der Waals surface area contributed by atoms with Crippen LogP contribution in [0.5, 0.6) is 5.75 Å². The summed E-state index contributed by atoms with van der Waals surface area (Å²) in [6, 6.07) is 7.17. The minimum atomic E-state index is -0.866. The molecular weight excluding hydrogens is 300 g/mol. The van der Waals surface area contributed by atoms with Crippen LogP contribution in [0.25, 0.3) is 0 Å². The first-order valence-corrected chi connectivity index (χ1v) is 7.54. The highest BCUT2D eigenvalue weighted by molar-refractivity contribution is 5.98. The molecule has 2 amide bonds. The molecule has 0 unspecified atom stereocenters. The molecule has 1 aliphatic carbocycles. The maximum atomic E-state index is 12.0. The zero-order chi connectivity index (χ0) is 16.4. The molecule has 7 heteroatoms. The van der Waals surface area contributed by atoms with Crippen LogP contribution in [-0.4, -0.2) is 42.6 Å². The zero-order valence-electron chi connectivity index (χ0n) is 12.6. The summed E-state index contributed by atoms with van der Waals surface area (Å²) in [6.07, 6.45) is 1.31. The van der Waals surface area contributed by atoms with E-state index in [4.69, 9.17) is 9.84 Å². The third kappa shape index (κ3) is 3.13. The molecule has 7 nitrogen and oxygen atoms in total. The first-order chi connectivity index (χ1) is 11.0. The smallest absolute Gasteiger partial charge is 0.311 e. The van der Waals surface area contributed by atoms with E-state index in [0.717, 1.165) is 0 Å². The number of aliphatic carboxylic acids is 1. The lowest BCUT2D eigenvalue weighted by molar-refractivity contribution is -0.143. The molecule has 2 N–H and O–H groups in total. The van der Waals surface area contributed by atoms with Crippen molar-refractivity contribution in [1.82, 2.24) is 5.32 Å². The fourth-order valence-electron chi connectivity index (χ4n) is 2.59. The number of amides is 2. The van der Waals surface area contributed by atoms with Crippen molar-refractivity contribution < 1.29 is 24.2 Å². The number of nitrogens with one attached hydrogen (secondary N) is 1. The van der Waals surface area contributed by atoms with Crippen molar-refractivity contribution in [2.75, 3.05) is 24.6 Å². The van der Waals surface area contributed by atoms with Crippen molar-refractivity contribution in [1.29, 1.82) is 0 Å². The number of nitrogens with zero attached hydrogens (tertiary/aromatic N) is 1. The molecule has 0 saturated heterocycles. The highest BCUT2D eigenvalue weighted by Gasteiger charge is 2.50. The maximum absolute atomic E-state index is 12.0. The van der Waals surface area contributed by atoms with E-state index >= 15 is 0 Å². The topological polar surface area (TPSA) is 95.9 Å². The fraction of sp³-hybridized carbons (Fsp3) is 0.438. The Morgan fingerprint density at radius 1 is 1.30 bits per heavy atom. The van der Waals surface area contributed by atoms with Gasteiger partial charge in [0.15, 0.2) is 6.61 Å². The molecule has 1 aromatic carbocycles. The van der Waals surface area contributed by atoms with Gasteiger partial charge in [-0.15, -0.1) is 0 Å². The number of carboxylic acids is 1. The molecule has 0 atom stereocenters. The summed E-state index contributed by atoms with van der Waals surface area (Å²) in [5, 5.41) is 11.7.